The molecule has 1 N–H and O–H groups in total. The van der Waals surface area contributed by atoms with Crippen LogP contribution in [0.3, 0.4) is 0 Å². The van der Waals surface area contributed by atoms with Gasteiger partial charge in [-0.25, -0.2) is 0 Å². The predicted octanol–water partition coefficient (Wildman–Crippen LogP) is 2.94. The summed E-state index contributed by atoms with van der Waals surface area (Å²) < 4.78 is 0. The van der Waals surface area contributed by atoms with Crippen LogP contribution < -0.4 is 5.32 Å². The molecule has 3 atom stereocenters. The fraction of sp³-hybridized carbons (Fsp3) is 0.600. The summed E-state index contributed by atoms with van der Waals surface area (Å²) in [5.41, 5.74) is 1.27. The fourth-order valence-corrected chi connectivity index (χ4v) is 3.72. The molecule has 3 unspecified atom stereocenters. The van der Waals surface area contributed by atoms with Crippen LogP contribution in [0.15, 0.2) is 24.3 Å². The van der Waals surface area contributed by atoms with E-state index in [0.29, 0.717) is 6.04 Å². The van der Waals surface area contributed by atoms with Crippen molar-refractivity contribution < 1.29 is 0 Å². The lowest BCUT2D eigenvalue weighted by molar-refractivity contribution is 0.111. The Labute approximate surface area is 114 Å². The average molecular weight is 265 g/mol. The molecule has 3 heteroatoms. The molecule has 18 heavy (non-hydrogen) atoms. The van der Waals surface area contributed by atoms with E-state index in [1.54, 1.807) is 0 Å². The fourth-order valence-electron chi connectivity index (χ4n) is 3.43. The monoisotopic (exact) mass is 264 g/mol. The summed E-state index contributed by atoms with van der Waals surface area (Å²) in [4.78, 5) is 2.59. The van der Waals surface area contributed by atoms with Gasteiger partial charge in [-0.1, -0.05) is 29.8 Å². The molecule has 2 aliphatic rings. The molecule has 98 valence electrons. The molecule has 2 fully saturated rings. The number of halogens is 1. The van der Waals surface area contributed by atoms with Gasteiger partial charge in [0.15, 0.2) is 0 Å². The van der Waals surface area contributed by atoms with Crippen LogP contribution in [0.1, 0.15) is 24.9 Å². The highest BCUT2D eigenvalue weighted by molar-refractivity contribution is 6.31. The van der Waals surface area contributed by atoms with Crippen molar-refractivity contribution in [2.24, 2.45) is 11.8 Å². The first kappa shape index (κ1) is 12.5. The molecule has 1 aromatic carbocycles. The van der Waals surface area contributed by atoms with Crippen molar-refractivity contribution in [3.8, 4) is 0 Å². The Bertz CT molecular complexity index is 421. The Morgan fingerprint density at radius 3 is 2.89 bits per heavy atom. The molecule has 3 rings (SSSR count). The standard InChI is InChI=1S/C15H21ClN2/c1-11(14-4-2-3-5-15(14)16)18-7-6-12-8-17-9-13(12)10-18/h2-5,11-13,17H,6-10H2,1H3. The molecule has 2 heterocycles. The van der Waals surface area contributed by atoms with Crippen LogP contribution in [0.2, 0.25) is 5.02 Å². The Kier molecular flexibility index (Phi) is 3.60. The quantitative estimate of drug-likeness (QED) is 0.884. The molecule has 1 aromatic rings. The Balaban J connectivity index is 1.73. The summed E-state index contributed by atoms with van der Waals surface area (Å²) in [7, 11) is 0. The van der Waals surface area contributed by atoms with Gasteiger partial charge in [-0.3, -0.25) is 4.90 Å². The molecule has 0 aromatic heterocycles. The maximum Gasteiger partial charge on any atom is 0.0453 e. The van der Waals surface area contributed by atoms with Crippen molar-refractivity contribution in [2.45, 2.75) is 19.4 Å². The van der Waals surface area contributed by atoms with Gasteiger partial charge in [0, 0.05) is 17.6 Å². The van der Waals surface area contributed by atoms with E-state index in [0.717, 1.165) is 16.9 Å². The molecule has 0 spiro atoms. The lowest BCUT2D eigenvalue weighted by atomic mass is 9.87. The number of hydrogen-bond acceptors (Lipinski definition) is 2. The summed E-state index contributed by atoms with van der Waals surface area (Å²) in [6, 6.07) is 8.68. The third-order valence-electron chi connectivity index (χ3n) is 4.64. The van der Waals surface area contributed by atoms with Gasteiger partial charge in [-0.05, 0) is 56.4 Å². The molecule has 2 nitrogen and oxygen atoms in total. The van der Waals surface area contributed by atoms with E-state index in [-0.39, 0.29) is 0 Å². The van der Waals surface area contributed by atoms with Crippen LogP contribution >= 0.6 is 11.6 Å². The molecule has 0 saturated carbocycles. The first-order valence-electron chi connectivity index (χ1n) is 6.95. The largest absolute Gasteiger partial charge is 0.316 e. The number of benzene rings is 1. The van der Waals surface area contributed by atoms with E-state index < -0.39 is 0 Å². The van der Waals surface area contributed by atoms with Gasteiger partial charge in [0.25, 0.3) is 0 Å². The second-order valence-corrected chi connectivity index (χ2v) is 6.07. The molecule has 2 aliphatic heterocycles. The number of piperidine rings is 1. The van der Waals surface area contributed by atoms with E-state index in [9.17, 15) is 0 Å². The van der Waals surface area contributed by atoms with Gasteiger partial charge in [0.2, 0.25) is 0 Å². The van der Waals surface area contributed by atoms with Crippen molar-refractivity contribution in [1.29, 1.82) is 0 Å². The molecule has 0 bridgehead atoms. The number of nitrogens with zero attached hydrogens (tertiary/aromatic N) is 1. The minimum absolute atomic E-state index is 0.431. The maximum absolute atomic E-state index is 6.31. The maximum atomic E-state index is 6.31. The zero-order valence-corrected chi connectivity index (χ0v) is 11.7. The normalized spacial score (nSPS) is 30.1. The molecular formula is C15H21ClN2. The lowest BCUT2D eigenvalue weighted by Gasteiger charge is -2.38. The van der Waals surface area contributed by atoms with Crippen LogP contribution in [-0.4, -0.2) is 31.1 Å². The second-order valence-electron chi connectivity index (χ2n) is 5.66. The van der Waals surface area contributed by atoms with Crippen LogP contribution in [0, 0.1) is 11.8 Å². The lowest BCUT2D eigenvalue weighted by Crippen LogP contribution is -2.41. The smallest absolute Gasteiger partial charge is 0.0453 e. The van der Waals surface area contributed by atoms with Crippen molar-refractivity contribution in [3.05, 3.63) is 34.9 Å². The summed E-state index contributed by atoms with van der Waals surface area (Å²) >= 11 is 6.31. The van der Waals surface area contributed by atoms with Gasteiger partial charge in [-0.2, -0.15) is 0 Å². The van der Waals surface area contributed by atoms with E-state index in [1.807, 2.05) is 12.1 Å². The van der Waals surface area contributed by atoms with Crippen LogP contribution in [0.4, 0.5) is 0 Å². The number of likely N-dealkylation sites (tertiary alicyclic amines) is 1. The van der Waals surface area contributed by atoms with Gasteiger partial charge in [0.1, 0.15) is 0 Å². The average Bonchev–Trinajstić information content (AvgIpc) is 2.85. The molecule has 0 amide bonds. The zero-order valence-electron chi connectivity index (χ0n) is 10.9. The third-order valence-corrected chi connectivity index (χ3v) is 4.98. The van der Waals surface area contributed by atoms with Crippen LogP contribution in [-0.2, 0) is 0 Å². The van der Waals surface area contributed by atoms with Crippen molar-refractivity contribution >= 4 is 11.6 Å². The Morgan fingerprint density at radius 2 is 2.06 bits per heavy atom. The van der Waals surface area contributed by atoms with E-state index in [2.05, 4.69) is 29.3 Å². The number of fused-ring (bicyclic) bond motifs is 1. The van der Waals surface area contributed by atoms with E-state index >= 15 is 0 Å². The second kappa shape index (κ2) is 5.20. The van der Waals surface area contributed by atoms with Crippen molar-refractivity contribution in [3.63, 3.8) is 0 Å². The first-order chi connectivity index (χ1) is 8.75. The topological polar surface area (TPSA) is 15.3 Å². The summed E-state index contributed by atoms with van der Waals surface area (Å²) in [5.74, 6) is 1.74. The number of rotatable bonds is 2. The Morgan fingerprint density at radius 1 is 1.28 bits per heavy atom. The summed E-state index contributed by atoms with van der Waals surface area (Å²) in [5, 5.41) is 4.42. The van der Waals surface area contributed by atoms with Gasteiger partial charge >= 0.3 is 0 Å². The molecular weight excluding hydrogens is 244 g/mol. The summed E-state index contributed by atoms with van der Waals surface area (Å²) in [6.45, 7) is 7.11. The number of hydrogen-bond donors (Lipinski definition) is 1. The number of nitrogens with one attached hydrogen (secondary N) is 1. The molecule has 0 aliphatic carbocycles. The van der Waals surface area contributed by atoms with E-state index in [1.165, 1.54) is 38.2 Å². The highest BCUT2D eigenvalue weighted by Gasteiger charge is 2.34. The minimum atomic E-state index is 0.431. The summed E-state index contributed by atoms with van der Waals surface area (Å²) in [6.07, 6.45) is 1.33. The molecule has 2 saturated heterocycles. The van der Waals surface area contributed by atoms with Crippen LogP contribution in [0.5, 0.6) is 0 Å². The van der Waals surface area contributed by atoms with Crippen molar-refractivity contribution in [1.82, 2.24) is 10.2 Å². The van der Waals surface area contributed by atoms with E-state index in [4.69, 9.17) is 11.6 Å². The highest BCUT2D eigenvalue weighted by atomic mass is 35.5. The van der Waals surface area contributed by atoms with Crippen molar-refractivity contribution in [2.75, 3.05) is 26.2 Å². The zero-order chi connectivity index (χ0) is 12.5. The first-order valence-corrected chi connectivity index (χ1v) is 7.32. The highest BCUT2D eigenvalue weighted by Crippen LogP contribution is 2.33. The van der Waals surface area contributed by atoms with Gasteiger partial charge < -0.3 is 5.32 Å². The molecule has 0 radical (unpaired) electrons. The minimum Gasteiger partial charge on any atom is -0.316 e. The predicted molar refractivity (Wildman–Crippen MR) is 75.9 cm³/mol. The Hall–Kier alpha value is -0.570. The van der Waals surface area contributed by atoms with Crippen LogP contribution in [0.25, 0.3) is 0 Å². The van der Waals surface area contributed by atoms with Gasteiger partial charge in [-0.15, -0.1) is 0 Å². The van der Waals surface area contributed by atoms with Gasteiger partial charge in [0.05, 0.1) is 0 Å². The SMILES string of the molecule is CC(c1ccccc1Cl)N1CCC2CNCC2C1. The third kappa shape index (κ3) is 2.29.